The van der Waals surface area contributed by atoms with E-state index in [1.165, 1.54) is 5.56 Å². The molecule has 0 spiro atoms. The fourth-order valence-corrected chi connectivity index (χ4v) is 3.02. The van der Waals surface area contributed by atoms with Gasteiger partial charge in [-0.1, -0.05) is 13.8 Å². The van der Waals surface area contributed by atoms with Gasteiger partial charge in [0.15, 0.2) is 0 Å². The minimum Gasteiger partial charge on any atom is -0.314 e. The second-order valence-corrected chi connectivity index (χ2v) is 5.29. The maximum Gasteiger partial charge on any atom is 0.145 e. The van der Waals surface area contributed by atoms with Crippen molar-refractivity contribution in [3.8, 4) is 0 Å². The first-order chi connectivity index (χ1) is 9.17. The molecule has 2 heterocycles. The van der Waals surface area contributed by atoms with Crippen molar-refractivity contribution in [3.63, 3.8) is 0 Å². The summed E-state index contributed by atoms with van der Waals surface area (Å²) in [6.45, 7) is 13.0. The van der Waals surface area contributed by atoms with Crippen LogP contribution in [0.5, 0.6) is 0 Å². The van der Waals surface area contributed by atoms with E-state index >= 15 is 0 Å². The molecule has 4 nitrogen and oxygen atoms in total. The summed E-state index contributed by atoms with van der Waals surface area (Å²) < 4.78 is 0. The number of rotatable bonds is 4. The number of nitrogens with one attached hydrogen (secondary N) is 1. The van der Waals surface area contributed by atoms with Crippen LogP contribution in [0.1, 0.15) is 49.1 Å². The van der Waals surface area contributed by atoms with Crippen LogP contribution < -0.4 is 5.32 Å². The third kappa shape index (κ3) is 3.12. The van der Waals surface area contributed by atoms with Crippen molar-refractivity contribution in [1.82, 2.24) is 20.2 Å². The maximum atomic E-state index is 4.78. The predicted molar refractivity (Wildman–Crippen MR) is 78.4 cm³/mol. The van der Waals surface area contributed by atoms with Crippen LogP contribution in [0.15, 0.2) is 0 Å². The second kappa shape index (κ2) is 6.44. The summed E-state index contributed by atoms with van der Waals surface area (Å²) in [6.07, 6.45) is 2.09. The van der Waals surface area contributed by atoms with E-state index in [0.29, 0.717) is 6.04 Å². The lowest BCUT2D eigenvalue weighted by Gasteiger charge is -2.33. The molecule has 4 heteroatoms. The van der Waals surface area contributed by atoms with Crippen LogP contribution in [-0.4, -0.2) is 41.0 Å². The zero-order chi connectivity index (χ0) is 13.8. The Kier molecular flexibility index (Phi) is 4.88. The van der Waals surface area contributed by atoms with E-state index < -0.39 is 0 Å². The Morgan fingerprint density at radius 1 is 1.11 bits per heavy atom. The highest BCUT2D eigenvalue weighted by Crippen LogP contribution is 2.23. The molecule has 0 saturated carbocycles. The van der Waals surface area contributed by atoms with E-state index in [2.05, 4.69) is 37.9 Å². The number of hydrogen-bond donors (Lipinski definition) is 1. The molecule has 0 amide bonds. The Morgan fingerprint density at radius 3 is 2.16 bits per heavy atom. The molecule has 106 valence electrons. The second-order valence-electron chi connectivity index (χ2n) is 5.29. The van der Waals surface area contributed by atoms with Gasteiger partial charge in [0.05, 0.1) is 6.04 Å². The Hall–Kier alpha value is -1.00. The molecule has 1 aromatic heterocycles. The molecule has 1 aliphatic rings. The van der Waals surface area contributed by atoms with Gasteiger partial charge < -0.3 is 5.32 Å². The average Bonchev–Trinajstić information content (AvgIpc) is 2.40. The molecule has 1 aromatic rings. The molecular formula is C15H26N4. The lowest BCUT2D eigenvalue weighted by Crippen LogP contribution is -2.45. The van der Waals surface area contributed by atoms with Gasteiger partial charge in [0, 0.05) is 37.6 Å². The molecule has 0 bridgehead atoms. The van der Waals surface area contributed by atoms with Gasteiger partial charge in [0.2, 0.25) is 0 Å². The van der Waals surface area contributed by atoms with Crippen LogP contribution in [0, 0.1) is 13.8 Å². The smallest absolute Gasteiger partial charge is 0.145 e. The first-order valence-corrected chi connectivity index (χ1v) is 7.46. The van der Waals surface area contributed by atoms with Gasteiger partial charge in [-0.2, -0.15) is 0 Å². The molecule has 1 atom stereocenters. The van der Waals surface area contributed by atoms with Crippen molar-refractivity contribution in [1.29, 1.82) is 0 Å². The van der Waals surface area contributed by atoms with E-state index in [9.17, 15) is 0 Å². The Morgan fingerprint density at radius 2 is 1.68 bits per heavy atom. The summed E-state index contributed by atoms with van der Waals surface area (Å²) in [4.78, 5) is 12.1. The minimum absolute atomic E-state index is 0.366. The van der Waals surface area contributed by atoms with Crippen LogP contribution in [0.3, 0.4) is 0 Å². The zero-order valence-electron chi connectivity index (χ0n) is 12.7. The maximum absolute atomic E-state index is 4.78. The van der Waals surface area contributed by atoms with Crippen LogP contribution in [0.4, 0.5) is 0 Å². The molecule has 2 rings (SSSR count). The first-order valence-electron chi connectivity index (χ1n) is 7.46. The van der Waals surface area contributed by atoms with E-state index in [1.807, 2.05) is 0 Å². The summed E-state index contributed by atoms with van der Waals surface area (Å²) >= 11 is 0. The fourth-order valence-electron chi connectivity index (χ4n) is 3.02. The lowest BCUT2D eigenvalue weighted by atomic mass is 10.1. The van der Waals surface area contributed by atoms with Gasteiger partial charge in [-0.25, -0.2) is 9.97 Å². The van der Waals surface area contributed by atoms with Crippen molar-refractivity contribution in [2.45, 2.75) is 46.6 Å². The van der Waals surface area contributed by atoms with Crippen LogP contribution in [-0.2, 0) is 6.42 Å². The Labute approximate surface area is 116 Å². The predicted octanol–water partition coefficient (Wildman–Crippen LogP) is 2.01. The molecule has 1 N–H and O–H groups in total. The normalized spacial score (nSPS) is 18.5. The van der Waals surface area contributed by atoms with Crippen molar-refractivity contribution in [2.75, 3.05) is 26.2 Å². The lowest BCUT2D eigenvalue weighted by molar-refractivity contribution is 0.162. The van der Waals surface area contributed by atoms with Crippen LogP contribution >= 0.6 is 0 Å². The summed E-state index contributed by atoms with van der Waals surface area (Å²) in [7, 11) is 0. The summed E-state index contributed by atoms with van der Waals surface area (Å²) in [5, 5.41) is 3.40. The third-order valence-corrected chi connectivity index (χ3v) is 4.07. The van der Waals surface area contributed by atoms with Crippen molar-refractivity contribution in [3.05, 3.63) is 22.8 Å². The highest BCUT2D eigenvalue weighted by Gasteiger charge is 2.23. The fraction of sp³-hybridized carbons (Fsp3) is 0.733. The molecule has 1 unspecified atom stereocenters. The number of piperazine rings is 1. The number of aromatic nitrogens is 2. The number of hydrogen-bond acceptors (Lipinski definition) is 4. The summed E-state index contributed by atoms with van der Waals surface area (Å²) in [5.74, 6) is 1.01. The monoisotopic (exact) mass is 262 g/mol. The molecule has 1 saturated heterocycles. The highest BCUT2D eigenvalue weighted by molar-refractivity contribution is 5.24. The molecular weight excluding hydrogens is 236 g/mol. The van der Waals surface area contributed by atoms with E-state index in [1.54, 1.807) is 0 Å². The van der Waals surface area contributed by atoms with Crippen molar-refractivity contribution < 1.29 is 0 Å². The SMILES string of the molecule is CCc1c(C)nc(C(CC)N2CCNCC2)nc1C. The van der Waals surface area contributed by atoms with Crippen LogP contribution in [0.2, 0.25) is 0 Å². The average molecular weight is 262 g/mol. The molecule has 19 heavy (non-hydrogen) atoms. The van der Waals surface area contributed by atoms with E-state index in [0.717, 1.165) is 56.2 Å². The minimum atomic E-state index is 0.366. The standard InChI is InChI=1S/C15H26N4/c1-5-13-11(3)17-15(18-12(13)4)14(6-2)19-9-7-16-8-10-19/h14,16H,5-10H2,1-4H3. The Balaban J connectivity index is 2.27. The van der Waals surface area contributed by atoms with Crippen LogP contribution in [0.25, 0.3) is 0 Å². The number of nitrogens with zero attached hydrogens (tertiary/aromatic N) is 3. The summed E-state index contributed by atoms with van der Waals surface area (Å²) in [6, 6.07) is 0.366. The van der Waals surface area contributed by atoms with Crippen molar-refractivity contribution >= 4 is 0 Å². The molecule has 0 radical (unpaired) electrons. The topological polar surface area (TPSA) is 41.1 Å². The molecule has 1 fully saturated rings. The number of aryl methyl sites for hydroxylation is 2. The van der Waals surface area contributed by atoms with Gasteiger partial charge in [0.1, 0.15) is 5.82 Å². The highest BCUT2D eigenvalue weighted by atomic mass is 15.2. The van der Waals surface area contributed by atoms with E-state index in [4.69, 9.17) is 9.97 Å². The largest absolute Gasteiger partial charge is 0.314 e. The zero-order valence-corrected chi connectivity index (χ0v) is 12.7. The third-order valence-electron chi connectivity index (χ3n) is 4.07. The van der Waals surface area contributed by atoms with Gasteiger partial charge >= 0.3 is 0 Å². The van der Waals surface area contributed by atoms with Gasteiger partial charge in [0.25, 0.3) is 0 Å². The van der Waals surface area contributed by atoms with Gasteiger partial charge in [-0.05, 0) is 32.3 Å². The van der Waals surface area contributed by atoms with Crippen molar-refractivity contribution in [2.24, 2.45) is 0 Å². The summed E-state index contributed by atoms with van der Waals surface area (Å²) in [5.41, 5.74) is 3.61. The molecule has 0 aromatic carbocycles. The first kappa shape index (κ1) is 14.4. The van der Waals surface area contributed by atoms with E-state index in [-0.39, 0.29) is 0 Å². The molecule has 1 aliphatic heterocycles. The van der Waals surface area contributed by atoms with Gasteiger partial charge in [-0.15, -0.1) is 0 Å². The Bertz CT molecular complexity index is 401. The van der Waals surface area contributed by atoms with Gasteiger partial charge in [-0.3, -0.25) is 4.90 Å². The molecule has 0 aliphatic carbocycles. The quantitative estimate of drug-likeness (QED) is 0.901.